The fraction of sp³-hybridized carbons (Fsp3) is 0.368. The van der Waals surface area contributed by atoms with Gasteiger partial charge in [-0.2, -0.15) is 10.2 Å². The highest BCUT2D eigenvalue weighted by Gasteiger charge is 2.10. The largest absolute Gasteiger partial charge is 0.308 e. The smallest absolute Gasteiger partial charge is 0.0694 e. The van der Waals surface area contributed by atoms with Crippen molar-refractivity contribution in [1.82, 2.24) is 24.9 Å². The Morgan fingerprint density at radius 2 is 1.83 bits per heavy atom. The maximum absolute atomic E-state index is 4.55. The standard InChI is InChI=1S/C19H25N5/c1-15(2)19-18(14-23(3)22-19)12-20-11-16-5-7-17(8-6-16)13-24-10-4-9-21-24/h4-10,14-15,20H,11-13H2,1-3H3. The lowest BCUT2D eigenvalue weighted by molar-refractivity contribution is 0.674. The molecule has 0 spiro atoms. The molecule has 5 heteroatoms. The van der Waals surface area contributed by atoms with E-state index in [1.165, 1.54) is 22.4 Å². The van der Waals surface area contributed by atoms with Crippen molar-refractivity contribution in [2.75, 3.05) is 0 Å². The van der Waals surface area contributed by atoms with E-state index in [0.717, 1.165) is 19.6 Å². The Hall–Kier alpha value is -2.40. The van der Waals surface area contributed by atoms with Crippen LogP contribution in [0.3, 0.4) is 0 Å². The van der Waals surface area contributed by atoms with Crippen LogP contribution in [0.2, 0.25) is 0 Å². The molecule has 0 aliphatic heterocycles. The van der Waals surface area contributed by atoms with Crippen molar-refractivity contribution in [3.05, 3.63) is 71.3 Å². The molecule has 1 N–H and O–H groups in total. The first-order valence-corrected chi connectivity index (χ1v) is 8.40. The van der Waals surface area contributed by atoms with Gasteiger partial charge in [0.2, 0.25) is 0 Å². The quantitative estimate of drug-likeness (QED) is 0.727. The third-order valence-electron chi connectivity index (χ3n) is 4.06. The van der Waals surface area contributed by atoms with Gasteiger partial charge in [0.15, 0.2) is 0 Å². The maximum atomic E-state index is 4.55. The van der Waals surface area contributed by atoms with Crippen LogP contribution in [0.1, 0.15) is 42.1 Å². The number of aryl methyl sites for hydroxylation is 1. The van der Waals surface area contributed by atoms with E-state index in [2.05, 4.69) is 59.8 Å². The molecule has 1 aromatic carbocycles. The molecule has 0 amide bonds. The van der Waals surface area contributed by atoms with Gasteiger partial charge in [-0.05, 0) is 23.1 Å². The van der Waals surface area contributed by atoms with E-state index in [-0.39, 0.29) is 0 Å². The molecule has 0 aliphatic carbocycles. The van der Waals surface area contributed by atoms with Crippen molar-refractivity contribution in [2.45, 2.75) is 39.4 Å². The van der Waals surface area contributed by atoms with Crippen molar-refractivity contribution in [1.29, 1.82) is 0 Å². The minimum Gasteiger partial charge on any atom is -0.308 e. The highest BCUT2D eigenvalue weighted by atomic mass is 15.3. The summed E-state index contributed by atoms with van der Waals surface area (Å²) < 4.78 is 3.83. The van der Waals surface area contributed by atoms with Gasteiger partial charge in [-0.25, -0.2) is 0 Å². The molecule has 2 aromatic heterocycles. The number of aromatic nitrogens is 4. The van der Waals surface area contributed by atoms with Crippen LogP contribution in [-0.4, -0.2) is 19.6 Å². The number of rotatable bonds is 7. The van der Waals surface area contributed by atoms with Crippen LogP contribution in [0.4, 0.5) is 0 Å². The zero-order valence-corrected chi connectivity index (χ0v) is 14.6. The summed E-state index contributed by atoms with van der Waals surface area (Å²) in [6.07, 6.45) is 5.90. The van der Waals surface area contributed by atoms with Gasteiger partial charge < -0.3 is 5.32 Å². The lowest BCUT2D eigenvalue weighted by Gasteiger charge is -2.08. The lowest BCUT2D eigenvalue weighted by Crippen LogP contribution is -2.13. The number of hydrogen-bond acceptors (Lipinski definition) is 3. The fourth-order valence-electron chi connectivity index (χ4n) is 2.86. The highest BCUT2D eigenvalue weighted by Crippen LogP contribution is 2.17. The Kier molecular flexibility index (Phi) is 5.11. The predicted octanol–water partition coefficient (Wildman–Crippen LogP) is 3.08. The first kappa shape index (κ1) is 16.5. The van der Waals surface area contributed by atoms with Gasteiger partial charge in [0.25, 0.3) is 0 Å². The fourth-order valence-corrected chi connectivity index (χ4v) is 2.86. The van der Waals surface area contributed by atoms with Crippen LogP contribution in [0.15, 0.2) is 48.9 Å². The summed E-state index contributed by atoms with van der Waals surface area (Å²) in [5, 5.41) is 12.3. The summed E-state index contributed by atoms with van der Waals surface area (Å²) in [4.78, 5) is 0. The van der Waals surface area contributed by atoms with Crippen LogP contribution in [0, 0.1) is 0 Å². The van der Waals surface area contributed by atoms with Gasteiger partial charge in [-0.1, -0.05) is 38.1 Å². The van der Waals surface area contributed by atoms with E-state index in [0.29, 0.717) is 5.92 Å². The van der Waals surface area contributed by atoms with Crippen molar-refractivity contribution in [2.24, 2.45) is 7.05 Å². The summed E-state index contributed by atoms with van der Waals surface area (Å²) in [5.74, 6) is 0.449. The predicted molar refractivity (Wildman–Crippen MR) is 95.6 cm³/mol. The average Bonchev–Trinajstić information content (AvgIpc) is 3.19. The normalized spacial score (nSPS) is 11.3. The molecule has 0 aliphatic rings. The number of benzene rings is 1. The Morgan fingerprint density at radius 3 is 2.50 bits per heavy atom. The average molecular weight is 323 g/mol. The van der Waals surface area contributed by atoms with Gasteiger partial charge in [0.1, 0.15) is 0 Å². The van der Waals surface area contributed by atoms with Crippen molar-refractivity contribution >= 4 is 0 Å². The van der Waals surface area contributed by atoms with Gasteiger partial charge >= 0.3 is 0 Å². The summed E-state index contributed by atoms with van der Waals surface area (Å²) in [7, 11) is 1.98. The minimum atomic E-state index is 0.449. The van der Waals surface area contributed by atoms with E-state index >= 15 is 0 Å². The zero-order valence-electron chi connectivity index (χ0n) is 14.6. The molecule has 0 bridgehead atoms. The summed E-state index contributed by atoms with van der Waals surface area (Å²) >= 11 is 0. The van der Waals surface area contributed by atoms with Gasteiger partial charge in [0.05, 0.1) is 12.2 Å². The third-order valence-corrected chi connectivity index (χ3v) is 4.06. The second kappa shape index (κ2) is 7.45. The summed E-state index contributed by atoms with van der Waals surface area (Å²) in [6.45, 7) is 6.88. The van der Waals surface area contributed by atoms with Crippen molar-refractivity contribution in [3.8, 4) is 0 Å². The molecule has 0 saturated heterocycles. The Bertz CT molecular complexity index is 754. The molecule has 126 valence electrons. The number of hydrogen-bond donors (Lipinski definition) is 1. The second-order valence-electron chi connectivity index (χ2n) is 6.49. The first-order valence-electron chi connectivity index (χ1n) is 8.40. The summed E-state index contributed by atoms with van der Waals surface area (Å²) in [6, 6.07) is 10.6. The number of nitrogens with one attached hydrogen (secondary N) is 1. The zero-order chi connectivity index (χ0) is 16.9. The van der Waals surface area contributed by atoms with Crippen LogP contribution >= 0.6 is 0 Å². The van der Waals surface area contributed by atoms with Crippen LogP contribution in [0.25, 0.3) is 0 Å². The van der Waals surface area contributed by atoms with Crippen LogP contribution < -0.4 is 5.32 Å². The van der Waals surface area contributed by atoms with E-state index < -0.39 is 0 Å². The Labute approximate surface area is 143 Å². The molecule has 0 fully saturated rings. The van der Waals surface area contributed by atoms with Gasteiger partial charge in [-0.15, -0.1) is 0 Å². The van der Waals surface area contributed by atoms with Crippen molar-refractivity contribution in [3.63, 3.8) is 0 Å². The van der Waals surface area contributed by atoms with Crippen LogP contribution in [0.5, 0.6) is 0 Å². The number of nitrogens with zero attached hydrogens (tertiary/aromatic N) is 4. The molecule has 0 unspecified atom stereocenters. The van der Waals surface area contributed by atoms with Gasteiger partial charge in [0, 0.05) is 44.3 Å². The Morgan fingerprint density at radius 1 is 1.08 bits per heavy atom. The van der Waals surface area contributed by atoms with E-state index in [1.807, 2.05) is 34.9 Å². The summed E-state index contributed by atoms with van der Waals surface area (Å²) in [5.41, 5.74) is 5.01. The van der Waals surface area contributed by atoms with Crippen molar-refractivity contribution < 1.29 is 0 Å². The molecule has 2 heterocycles. The maximum Gasteiger partial charge on any atom is 0.0694 e. The SMILES string of the molecule is CC(C)c1nn(C)cc1CNCc1ccc(Cn2cccn2)cc1. The molecular weight excluding hydrogens is 298 g/mol. The van der Waals surface area contributed by atoms with Gasteiger partial charge in [-0.3, -0.25) is 9.36 Å². The third kappa shape index (κ3) is 4.11. The molecule has 0 atom stereocenters. The van der Waals surface area contributed by atoms with E-state index in [9.17, 15) is 0 Å². The molecule has 0 saturated carbocycles. The molecular formula is C19H25N5. The van der Waals surface area contributed by atoms with Crippen LogP contribution in [-0.2, 0) is 26.7 Å². The van der Waals surface area contributed by atoms with E-state index in [1.54, 1.807) is 0 Å². The molecule has 0 radical (unpaired) electrons. The topological polar surface area (TPSA) is 47.7 Å². The first-order chi connectivity index (χ1) is 11.6. The highest BCUT2D eigenvalue weighted by molar-refractivity contribution is 5.23. The molecule has 5 nitrogen and oxygen atoms in total. The van der Waals surface area contributed by atoms with E-state index in [4.69, 9.17) is 0 Å². The Balaban J connectivity index is 1.53. The lowest BCUT2D eigenvalue weighted by atomic mass is 10.1. The second-order valence-corrected chi connectivity index (χ2v) is 6.49. The molecule has 3 aromatic rings. The minimum absolute atomic E-state index is 0.449. The molecule has 24 heavy (non-hydrogen) atoms. The molecule has 3 rings (SSSR count). The monoisotopic (exact) mass is 323 g/mol.